The molecular formula is C8H8N3O. The van der Waals surface area contributed by atoms with E-state index in [0.717, 1.165) is 13.0 Å². The molecule has 1 saturated heterocycles. The van der Waals surface area contributed by atoms with E-state index >= 15 is 0 Å². The maximum Gasteiger partial charge on any atom is 0.228 e. The van der Waals surface area contributed by atoms with Gasteiger partial charge in [0.1, 0.15) is 6.20 Å². The summed E-state index contributed by atoms with van der Waals surface area (Å²) in [5, 5.41) is 7.41. The fraction of sp³-hybridized carbons (Fsp3) is 0.375. The van der Waals surface area contributed by atoms with Gasteiger partial charge in [0.15, 0.2) is 5.82 Å². The molecule has 1 radical (unpaired) electrons. The first-order chi connectivity index (χ1) is 5.88. The average molecular weight is 162 g/mol. The van der Waals surface area contributed by atoms with Crippen LogP contribution in [0.5, 0.6) is 0 Å². The second-order valence-corrected chi connectivity index (χ2v) is 2.67. The SMILES string of the molecule is O=C1CCCN1c1cc[c]nn1. The first-order valence-corrected chi connectivity index (χ1v) is 3.88. The second kappa shape index (κ2) is 2.89. The Morgan fingerprint density at radius 2 is 2.50 bits per heavy atom. The van der Waals surface area contributed by atoms with Crippen LogP contribution in [-0.2, 0) is 4.79 Å². The van der Waals surface area contributed by atoms with E-state index in [1.165, 1.54) is 0 Å². The molecule has 1 amide bonds. The summed E-state index contributed by atoms with van der Waals surface area (Å²) in [5.41, 5.74) is 0. The van der Waals surface area contributed by atoms with Gasteiger partial charge in [-0.25, -0.2) is 0 Å². The first kappa shape index (κ1) is 7.21. The zero-order valence-electron chi connectivity index (χ0n) is 6.53. The van der Waals surface area contributed by atoms with Crippen LogP contribution >= 0.6 is 0 Å². The number of carbonyl (C=O) groups is 1. The molecule has 1 aromatic heterocycles. The Bertz CT molecular complexity index is 286. The number of aromatic nitrogens is 2. The van der Waals surface area contributed by atoms with Gasteiger partial charge in [-0.3, -0.25) is 9.69 Å². The highest BCUT2D eigenvalue weighted by molar-refractivity contribution is 5.94. The summed E-state index contributed by atoms with van der Waals surface area (Å²) in [6.07, 6.45) is 4.11. The first-order valence-electron chi connectivity index (χ1n) is 3.88. The average Bonchev–Trinajstić information content (AvgIpc) is 2.53. The molecule has 0 bridgehead atoms. The molecule has 12 heavy (non-hydrogen) atoms. The third-order valence-electron chi connectivity index (χ3n) is 1.87. The molecule has 0 aromatic carbocycles. The second-order valence-electron chi connectivity index (χ2n) is 2.67. The number of hydrogen-bond acceptors (Lipinski definition) is 3. The van der Waals surface area contributed by atoms with Crippen molar-refractivity contribution in [2.24, 2.45) is 0 Å². The largest absolute Gasteiger partial charge is 0.295 e. The summed E-state index contributed by atoms with van der Waals surface area (Å²) < 4.78 is 0. The Morgan fingerprint density at radius 1 is 1.58 bits per heavy atom. The third-order valence-corrected chi connectivity index (χ3v) is 1.87. The molecule has 0 N–H and O–H groups in total. The van der Waals surface area contributed by atoms with Gasteiger partial charge in [0, 0.05) is 13.0 Å². The molecule has 0 aliphatic carbocycles. The lowest BCUT2D eigenvalue weighted by Crippen LogP contribution is -2.24. The van der Waals surface area contributed by atoms with Crippen LogP contribution in [0.15, 0.2) is 12.1 Å². The van der Waals surface area contributed by atoms with Crippen LogP contribution in [0.1, 0.15) is 12.8 Å². The van der Waals surface area contributed by atoms with Crippen LogP contribution in [0.2, 0.25) is 0 Å². The Balaban J connectivity index is 2.25. The quantitative estimate of drug-likeness (QED) is 0.600. The van der Waals surface area contributed by atoms with E-state index in [1.807, 2.05) is 0 Å². The highest BCUT2D eigenvalue weighted by atomic mass is 16.2. The minimum Gasteiger partial charge on any atom is -0.295 e. The minimum absolute atomic E-state index is 0.135. The Kier molecular flexibility index (Phi) is 1.74. The van der Waals surface area contributed by atoms with E-state index in [9.17, 15) is 4.79 Å². The van der Waals surface area contributed by atoms with Gasteiger partial charge < -0.3 is 0 Å². The van der Waals surface area contributed by atoms with Gasteiger partial charge in [-0.2, -0.15) is 0 Å². The van der Waals surface area contributed by atoms with Crippen LogP contribution in [0.4, 0.5) is 5.82 Å². The lowest BCUT2D eigenvalue weighted by molar-refractivity contribution is -0.117. The zero-order valence-corrected chi connectivity index (χ0v) is 6.53. The molecule has 0 atom stereocenters. The molecular weight excluding hydrogens is 154 g/mol. The number of hydrogen-bond donors (Lipinski definition) is 0. The van der Waals surface area contributed by atoms with Crippen LogP contribution < -0.4 is 4.90 Å². The monoisotopic (exact) mass is 162 g/mol. The summed E-state index contributed by atoms with van der Waals surface area (Å²) in [5.74, 6) is 0.770. The molecule has 1 aliphatic rings. The van der Waals surface area contributed by atoms with Crippen molar-refractivity contribution >= 4 is 11.7 Å². The van der Waals surface area contributed by atoms with Crippen molar-refractivity contribution in [3.05, 3.63) is 18.3 Å². The van der Waals surface area contributed by atoms with Gasteiger partial charge in [-0.05, 0) is 18.6 Å². The highest BCUT2D eigenvalue weighted by Crippen LogP contribution is 2.16. The van der Waals surface area contributed by atoms with Crippen molar-refractivity contribution in [2.75, 3.05) is 11.4 Å². The van der Waals surface area contributed by atoms with Crippen LogP contribution in [0, 0.1) is 6.20 Å². The molecule has 61 valence electrons. The summed E-state index contributed by atoms with van der Waals surface area (Å²) in [6, 6.07) is 3.41. The molecule has 4 heteroatoms. The van der Waals surface area contributed by atoms with E-state index in [2.05, 4.69) is 16.4 Å². The lowest BCUT2D eigenvalue weighted by atomic mass is 10.4. The van der Waals surface area contributed by atoms with Gasteiger partial charge in [-0.15, -0.1) is 10.2 Å². The maximum absolute atomic E-state index is 11.2. The number of anilines is 1. The van der Waals surface area contributed by atoms with Crippen LogP contribution in [0.3, 0.4) is 0 Å². The molecule has 1 aliphatic heterocycles. The van der Waals surface area contributed by atoms with Crippen molar-refractivity contribution in [1.82, 2.24) is 10.2 Å². The molecule has 1 aromatic rings. The van der Waals surface area contributed by atoms with E-state index in [4.69, 9.17) is 0 Å². The predicted octanol–water partition coefficient (Wildman–Crippen LogP) is 0.404. The fourth-order valence-electron chi connectivity index (χ4n) is 1.29. The van der Waals surface area contributed by atoms with Crippen molar-refractivity contribution in [3.63, 3.8) is 0 Å². The Labute approximate surface area is 70.2 Å². The topological polar surface area (TPSA) is 46.1 Å². The summed E-state index contributed by atoms with van der Waals surface area (Å²) in [4.78, 5) is 12.9. The summed E-state index contributed by atoms with van der Waals surface area (Å²) in [6.45, 7) is 0.761. The Hall–Kier alpha value is -1.45. The van der Waals surface area contributed by atoms with Gasteiger partial charge in [-0.1, -0.05) is 0 Å². The smallest absolute Gasteiger partial charge is 0.228 e. The fourth-order valence-corrected chi connectivity index (χ4v) is 1.29. The predicted molar refractivity (Wildman–Crippen MR) is 42.5 cm³/mol. The van der Waals surface area contributed by atoms with Gasteiger partial charge in [0.05, 0.1) is 0 Å². The number of carbonyl (C=O) groups excluding carboxylic acids is 1. The van der Waals surface area contributed by atoms with E-state index in [-0.39, 0.29) is 5.91 Å². The van der Waals surface area contributed by atoms with Gasteiger partial charge >= 0.3 is 0 Å². The molecule has 0 unspecified atom stereocenters. The molecule has 1 fully saturated rings. The molecule has 0 saturated carbocycles. The summed E-state index contributed by atoms with van der Waals surface area (Å²) in [7, 11) is 0. The van der Waals surface area contributed by atoms with Crippen molar-refractivity contribution < 1.29 is 4.79 Å². The lowest BCUT2D eigenvalue weighted by Gasteiger charge is -2.11. The van der Waals surface area contributed by atoms with Gasteiger partial charge in [0.25, 0.3) is 0 Å². The number of amides is 1. The zero-order chi connectivity index (χ0) is 8.39. The maximum atomic E-state index is 11.2. The van der Waals surface area contributed by atoms with E-state index in [0.29, 0.717) is 12.2 Å². The van der Waals surface area contributed by atoms with Gasteiger partial charge in [0.2, 0.25) is 5.91 Å². The molecule has 2 heterocycles. The van der Waals surface area contributed by atoms with Crippen LogP contribution in [0.25, 0.3) is 0 Å². The van der Waals surface area contributed by atoms with Crippen LogP contribution in [-0.4, -0.2) is 22.6 Å². The van der Waals surface area contributed by atoms with E-state index in [1.54, 1.807) is 17.0 Å². The number of rotatable bonds is 1. The Morgan fingerprint density at radius 3 is 3.08 bits per heavy atom. The van der Waals surface area contributed by atoms with Crippen molar-refractivity contribution in [2.45, 2.75) is 12.8 Å². The molecule has 2 rings (SSSR count). The van der Waals surface area contributed by atoms with Crippen molar-refractivity contribution in [3.8, 4) is 0 Å². The molecule has 4 nitrogen and oxygen atoms in total. The van der Waals surface area contributed by atoms with Crippen molar-refractivity contribution in [1.29, 1.82) is 0 Å². The minimum atomic E-state index is 0.135. The summed E-state index contributed by atoms with van der Waals surface area (Å²) >= 11 is 0. The third kappa shape index (κ3) is 1.15. The highest BCUT2D eigenvalue weighted by Gasteiger charge is 2.22. The van der Waals surface area contributed by atoms with E-state index < -0.39 is 0 Å². The number of nitrogens with zero attached hydrogens (tertiary/aromatic N) is 3. The standard InChI is InChI=1S/C8H8N3O/c12-8-4-2-6-11(8)7-3-1-5-9-10-7/h1,3H,2,4,6H2. The normalized spacial score (nSPS) is 17.0. The molecule has 0 spiro atoms.